The fourth-order valence-electron chi connectivity index (χ4n) is 8.46. The second-order valence-electron chi connectivity index (χ2n) is 20.4. The van der Waals surface area contributed by atoms with Gasteiger partial charge in [-0.15, -0.1) is 0 Å². The maximum absolute atomic E-state index is 9.64. The molecule has 0 aromatic heterocycles. The Hall–Kier alpha value is -2.50. The predicted octanol–water partition coefficient (Wildman–Crippen LogP) is 21.3. The molecule has 0 aromatic rings. The van der Waals surface area contributed by atoms with Crippen molar-refractivity contribution in [1.29, 1.82) is 0 Å². The van der Waals surface area contributed by atoms with E-state index in [1.807, 2.05) is 0 Å². The average Bonchev–Trinajstić information content (AvgIpc) is 3.35. The zero-order valence-electron chi connectivity index (χ0n) is 47.7. The molecule has 0 heterocycles. The highest BCUT2D eigenvalue weighted by molar-refractivity contribution is 5.75. The quantitative estimate of drug-likeness (QED) is 0.0358. The van der Waals surface area contributed by atoms with Crippen molar-refractivity contribution in [1.82, 2.24) is 10.6 Å². The minimum absolute atomic E-state index is 0.296. The van der Waals surface area contributed by atoms with Crippen LogP contribution in [-0.2, 0) is 9.59 Å². The first-order valence-corrected chi connectivity index (χ1v) is 31.0. The molecule has 0 atom stereocenters. The topological polar surface area (TPSA) is 98.7 Å². The first-order chi connectivity index (χ1) is 34.5. The molecule has 0 saturated carbocycles. The molecular weight excluding hydrogens is 861 g/mol. The SMILES string of the molecule is CCCCCCCC/C=C\CCCCCCCCNC=CCCCCCCCCCC.CCCCCCCC/C=C\CCCCCCCCNC=CCCCCCCCCCC.O=C(O)CCC(=O)O. The third-order valence-corrected chi connectivity index (χ3v) is 13.1. The fraction of sp³-hybridized carbons (Fsp3) is 0.844. The lowest BCUT2D eigenvalue weighted by Crippen LogP contribution is -2.06. The number of nitrogens with one attached hydrogen (secondary N) is 2. The van der Waals surface area contributed by atoms with Crippen LogP contribution in [0.25, 0.3) is 0 Å². The van der Waals surface area contributed by atoms with Crippen molar-refractivity contribution in [2.75, 3.05) is 13.1 Å². The molecule has 0 aliphatic rings. The summed E-state index contributed by atoms with van der Waals surface area (Å²) in [7, 11) is 0. The molecular formula is C64H124N2O4. The van der Waals surface area contributed by atoms with Crippen LogP contribution in [0.2, 0.25) is 0 Å². The van der Waals surface area contributed by atoms with Gasteiger partial charge in [-0.2, -0.15) is 0 Å². The van der Waals surface area contributed by atoms with Crippen molar-refractivity contribution >= 4 is 11.9 Å². The highest BCUT2D eigenvalue weighted by Gasteiger charge is 2.01. The maximum Gasteiger partial charge on any atom is 0.303 e. The summed E-state index contributed by atoms with van der Waals surface area (Å²) >= 11 is 0. The molecule has 0 aliphatic carbocycles. The van der Waals surface area contributed by atoms with Gasteiger partial charge in [-0.05, 0) is 102 Å². The minimum Gasteiger partial charge on any atom is -0.481 e. The first-order valence-electron chi connectivity index (χ1n) is 31.0. The summed E-state index contributed by atoms with van der Waals surface area (Å²) in [5.41, 5.74) is 0. The Kier molecular flexibility index (Phi) is 72.5. The van der Waals surface area contributed by atoms with E-state index in [1.165, 1.54) is 295 Å². The molecule has 70 heavy (non-hydrogen) atoms. The van der Waals surface area contributed by atoms with Crippen molar-refractivity contribution in [2.45, 2.75) is 336 Å². The van der Waals surface area contributed by atoms with Gasteiger partial charge in [0.25, 0.3) is 0 Å². The number of aliphatic carboxylic acids is 2. The summed E-state index contributed by atoms with van der Waals surface area (Å²) < 4.78 is 0. The Morgan fingerprint density at radius 1 is 0.271 bits per heavy atom. The Morgan fingerprint density at radius 3 is 0.671 bits per heavy atom. The minimum atomic E-state index is -1.08. The van der Waals surface area contributed by atoms with Crippen molar-refractivity contribution in [3.8, 4) is 0 Å². The van der Waals surface area contributed by atoms with E-state index in [0.29, 0.717) is 0 Å². The van der Waals surface area contributed by atoms with Crippen molar-refractivity contribution in [3.63, 3.8) is 0 Å². The third-order valence-electron chi connectivity index (χ3n) is 13.1. The van der Waals surface area contributed by atoms with Gasteiger partial charge < -0.3 is 20.8 Å². The first kappa shape index (κ1) is 71.8. The van der Waals surface area contributed by atoms with Gasteiger partial charge in [-0.3, -0.25) is 9.59 Å². The van der Waals surface area contributed by atoms with Gasteiger partial charge in [0.15, 0.2) is 0 Å². The van der Waals surface area contributed by atoms with E-state index in [1.54, 1.807) is 0 Å². The fourth-order valence-corrected chi connectivity index (χ4v) is 8.46. The van der Waals surface area contributed by atoms with E-state index in [0.717, 1.165) is 13.1 Å². The zero-order chi connectivity index (χ0) is 51.6. The summed E-state index contributed by atoms with van der Waals surface area (Å²) in [5, 5.41) is 22.7. The number of unbranched alkanes of at least 4 members (excludes halogenated alkanes) is 40. The number of rotatable bonds is 55. The molecule has 0 saturated heterocycles. The molecule has 0 aliphatic heterocycles. The zero-order valence-corrected chi connectivity index (χ0v) is 47.7. The molecule has 0 rings (SSSR count). The van der Waals surface area contributed by atoms with Gasteiger partial charge in [0.05, 0.1) is 12.8 Å². The average molecular weight is 986 g/mol. The van der Waals surface area contributed by atoms with Crippen LogP contribution in [0.15, 0.2) is 48.9 Å². The van der Waals surface area contributed by atoms with Gasteiger partial charge in [-0.1, -0.05) is 270 Å². The third kappa shape index (κ3) is 79.6. The predicted molar refractivity (Wildman–Crippen MR) is 312 cm³/mol. The largest absolute Gasteiger partial charge is 0.481 e. The highest BCUT2D eigenvalue weighted by atomic mass is 16.4. The van der Waals surface area contributed by atoms with Crippen molar-refractivity contribution < 1.29 is 19.8 Å². The molecule has 6 nitrogen and oxygen atoms in total. The van der Waals surface area contributed by atoms with E-state index < -0.39 is 11.9 Å². The van der Waals surface area contributed by atoms with E-state index in [2.05, 4.69) is 87.2 Å². The molecule has 0 fully saturated rings. The van der Waals surface area contributed by atoms with Crippen LogP contribution in [0.5, 0.6) is 0 Å². The summed E-state index contributed by atoms with van der Waals surface area (Å²) in [6, 6.07) is 0. The number of carbonyl (C=O) groups is 2. The molecule has 0 spiro atoms. The van der Waals surface area contributed by atoms with Crippen molar-refractivity contribution in [3.05, 3.63) is 48.9 Å². The molecule has 4 N–H and O–H groups in total. The summed E-state index contributed by atoms with van der Waals surface area (Å²) in [5.74, 6) is -2.15. The lowest BCUT2D eigenvalue weighted by Gasteiger charge is -2.02. The van der Waals surface area contributed by atoms with Gasteiger partial charge in [0.1, 0.15) is 0 Å². The van der Waals surface area contributed by atoms with E-state index in [4.69, 9.17) is 10.2 Å². The number of carboxylic acid groups (broad SMARTS) is 2. The number of hydrogen-bond acceptors (Lipinski definition) is 4. The van der Waals surface area contributed by atoms with Gasteiger partial charge in [-0.25, -0.2) is 0 Å². The molecule has 6 heteroatoms. The van der Waals surface area contributed by atoms with E-state index in [-0.39, 0.29) is 12.8 Å². The number of carboxylic acids is 2. The monoisotopic (exact) mass is 985 g/mol. The Labute approximate surface area is 438 Å². The van der Waals surface area contributed by atoms with Gasteiger partial charge >= 0.3 is 11.9 Å². The van der Waals surface area contributed by atoms with E-state index >= 15 is 0 Å². The smallest absolute Gasteiger partial charge is 0.303 e. The van der Waals surface area contributed by atoms with Gasteiger partial charge in [0, 0.05) is 13.1 Å². The van der Waals surface area contributed by atoms with Crippen LogP contribution in [0.1, 0.15) is 336 Å². The summed E-state index contributed by atoms with van der Waals surface area (Å²) in [6.45, 7) is 11.5. The standard InChI is InChI=1S/2C30H59N.C4H6O4/c2*1-3-5-7-9-11-13-15-16-17-18-19-20-22-24-26-28-30-31-29-27-25-23-21-14-12-10-8-6-4-2;5-3(6)1-2-4(7)8/h2*16-17,27,29,31H,3-15,18-26,28,30H2,1-2H3;1-2H2,(H,5,6)(H,7,8)/b2*17-16-,29-27?;. The molecule has 0 unspecified atom stereocenters. The Balaban J connectivity index is -0.00000111. The van der Waals surface area contributed by atoms with Crippen LogP contribution >= 0.6 is 0 Å². The second-order valence-corrected chi connectivity index (χ2v) is 20.4. The van der Waals surface area contributed by atoms with Gasteiger partial charge in [0.2, 0.25) is 0 Å². The lowest BCUT2D eigenvalue weighted by molar-refractivity contribution is -0.143. The summed E-state index contributed by atoms with van der Waals surface area (Å²) in [6.07, 6.45) is 82.0. The Morgan fingerprint density at radius 2 is 0.457 bits per heavy atom. The highest BCUT2D eigenvalue weighted by Crippen LogP contribution is 2.14. The van der Waals surface area contributed by atoms with E-state index in [9.17, 15) is 9.59 Å². The molecule has 414 valence electrons. The molecule has 0 amide bonds. The van der Waals surface area contributed by atoms with Crippen LogP contribution in [0.4, 0.5) is 0 Å². The molecule has 0 aromatic carbocycles. The summed E-state index contributed by atoms with van der Waals surface area (Å²) in [4.78, 5) is 19.3. The Bertz CT molecular complexity index is 1000. The van der Waals surface area contributed by atoms with Crippen LogP contribution in [0.3, 0.4) is 0 Å². The normalized spacial score (nSPS) is 11.4. The van der Waals surface area contributed by atoms with Crippen LogP contribution in [-0.4, -0.2) is 35.2 Å². The molecule has 0 radical (unpaired) electrons. The lowest BCUT2D eigenvalue weighted by atomic mass is 10.1. The van der Waals surface area contributed by atoms with Crippen LogP contribution in [0, 0.1) is 0 Å². The van der Waals surface area contributed by atoms with Crippen molar-refractivity contribution in [2.24, 2.45) is 0 Å². The molecule has 0 bridgehead atoms. The second kappa shape index (κ2) is 70.8. The number of hydrogen-bond donors (Lipinski definition) is 4. The van der Waals surface area contributed by atoms with Crippen LogP contribution < -0.4 is 10.6 Å². The number of allylic oxidation sites excluding steroid dienone is 6. The maximum atomic E-state index is 9.64.